The monoisotopic (exact) mass is 817 g/mol. The summed E-state index contributed by atoms with van der Waals surface area (Å²) in [5.74, 6) is -1.01. The summed E-state index contributed by atoms with van der Waals surface area (Å²) in [7, 11) is 0. The molecule has 0 N–H and O–H groups in total. The van der Waals surface area contributed by atoms with E-state index in [0.29, 0.717) is 12.8 Å². The highest BCUT2D eigenvalue weighted by Gasteiger charge is 2.19. The van der Waals surface area contributed by atoms with Gasteiger partial charge in [0.1, 0.15) is 13.2 Å². The number of carbonyl (C=O) groups excluding carboxylic acids is 3. The molecule has 0 spiro atoms. The van der Waals surface area contributed by atoms with Crippen LogP contribution in [0.2, 0.25) is 0 Å². The molecule has 0 aliphatic heterocycles. The summed E-state index contributed by atoms with van der Waals surface area (Å²) in [4.78, 5) is 37.8. The SMILES string of the molecule is CC/C=C\C/C=C\C/C=C\CCCCCCCCC(=O)OCC(COC(=O)CCC/C=C\C/C=C\C/C=C\CC)OC(=O)CCCCCC/C=C\C/C=C\C/C=C\CC. The van der Waals surface area contributed by atoms with Gasteiger partial charge >= 0.3 is 17.9 Å². The van der Waals surface area contributed by atoms with Crippen LogP contribution in [0.1, 0.15) is 188 Å². The summed E-state index contributed by atoms with van der Waals surface area (Å²) < 4.78 is 16.6. The first kappa shape index (κ1) is 55.1. The van der Waals surface area contributed by atoms with Gasteiger partial charge in [-0.1, -0.05) is 169 Å². The van der Waals surface area contributed by atoms with Gasteiger partial charge in [-0.15, -0.1) is 0 Å². The fourth-order valence-electron chi connectivity index (χ4n) is 5.84. The molecule has 0 heterocycles. The first-order chi connectivity index (χ1) is 29.0. The van der Waals surface area contributed by atoms with E-state index in [1.807, 2.05) is 0 Å². The predicted octanol–water partition coefficient (Wildman–Crippen LogP) is 15.2. The summed E-state index contributed by atoms with van der Waals surface area (Å²) in [6, 6.07) is 0. The highest BCUT2D eigenvalue weighted by Crippen LogP contribution is 2.12. The lowest BCUT2D eigenvalue weighted by molar-refractivity contribution is -0.167. The van der Waals surface area contributed by atoms with E-state index in [-0.39, 0.29) is 44.0 Å². The molecule has 0 saturated heterocycles. The predicted molar refractivity (Wildman–Crippen MR) is 251 cm³/mol. The average molecular weight is 817 g/mol. The van der Waals surface area contributed by atoms with Gasteiger partial charge < -0.3 is 14.2 Å². The number of rotatable bonds is 40. The topological polar surface area (TPSA) is 78.9 Å². The van der Waals surface area contributed by atoms with Crippen LogP contribution in [-0.2, 0) is 28.6 Å². The lowest BCUT2D eigenvalue weighted by Crippen LogP contribution is -2.30. The van der Waals surface area contributed by atoms with Crippen molar-refractivity contribution in [2.75, 3.05) is 13.2 Å². The Morgan fingerprint density at radius 1 is 0.339 bits per heavy atom. The van der Waals surface area contributed by atoms with E-state index in [9.17, 15) is 14.4 Å². The van der Waals surface area contributed by atoms with E-state index in [1.54, 1.807) is 0 Å². The second kappa shape index (κ2) is 46.8. The van der Waals surface area contributed by atoms with Crippen molar-refractivity contribution in [1.82, 2.24) is 0 Å². The van der Waals surface area contributed by atoms with Crippen LogP contribution >= 0.6 is 0 Å². The highest BCUT2D eigenvalue weighted by molar-refractivity contribution is 5.71. The molecule has 1 atom stereocenters. The van der Waals surface area contributed by atoms with Gasteiger partial charge in [-0.3, -0.25) is 14.4 Å². The molecule has 6 heteroatoms. The van der Waals surface area contributed by atoms with Crippen molar-refractivity contribution in [1.29, 1.82) is 0 Å². The molecule has 0 fully saturated rings. The zero-order chi connectivity index (χ0) is 43.0. The maximum Gasteiger partial charge on any atom is 0.306 e. The third kappa shape index (κ3) is 45.0. The molecular formula is C53H84O6. The minimum Gasteiger partial charge on any atom is -0.462 e. The molecule has 0 rings (SSSR count). The molecule has 0 saturated carbocycles. The van der Waals surface area contributed by atoms with E-state index in [2.05, 4.69) is 130 Å². The molecule has 0 aromatic heterocycles. The summed E-state index contributed by atoms with van der Waals surface area (Å²) in [6.07, 6.45) is 62.2. The van der Waals surface area contributed by atoms with E-state index in [4.69, 9.17) is 14.2 Å². The summed E-state index contributed by atoms with van der Waals surface area (Å²) >= 11 is 0. The highest BCUT2D eigenvalue weighted by atomic mass is 16.6. The third-order valence-corrected chi connectivity index (χ3v) is 9.25. The molecule has 6 nitrogen and oxygen atoms in total. The average Bonchev–Trinajstić information content (AvgIpc) is 3.23. The molecule has 332 valence electrons. The minimum atomic E-state index is -0.816. The maximum absolute atomic E-state index is 12.7. The van der Waals surface area contributed by atoms with Crippen LogP contribution in [0.25, 0.3) is 0 Å². The maximum atomic E-state index is 12.7. The normalized spacial score (nSPS) is 13.1. The van der Waals surface area contributed by atoms with Crippen molar-refractivity contribution in [3.8, 4) is 0 Å². The van der Waals surface area contributed by atoms with Gasteiger partial charge in [0.25, 0.3) is 0 Å². The Hall–Kier alpha value is -3.93. The number of unbranched alkanes of at least 4 members (excludes halogenated alkanes) is 11. The molecule has 59 heavy (non-hydrogen) atoms. The van der Waals surface area contributed by atoms with Crippen LogP contribution in [0.3, 0.4) is 0 Å². The van der Waals surface area contributed by atoms with Crippen LogP contribution in [0, 0.1) is 0 Å². The number of ether oxygens (including phenoxy) is 3. The largest absolute Gasteiger partial charge is 0.462 e. The van der Waals surface area contributed by atoms with Gasteiger partial charge in [0.2, 0.25) is 0 Å². The zero-order valence-electron chi connectivity index (χ0n) is 37.7. The van der Waals surface area contributed by atoms with Crippen molar-refractivity contribution in [2.24, 2.45) is 0 Å². The standard InChI is InChI=1S/C53H84O6/c1-4-7-10-13-16-19-22-24-26-27-29-31-34-37-40-43-46-52(55)58-49-50(48-57-51(54)45-42-39-36-33-30-21-18-15-12-9-6-3)59-53(56)47-44-41-38-35-32-28-25-23-20-17-14-11-8-5-2/h7-12,16-21,24-26,28,33,36,50H,4-6,13-15,22-23,27,29-32,34-35,37-49H2,1-3H3/b10-7-,11-8-,12-9-,19-16-,20-17-,21-18-,26-24-,28-25-,36-33-. The second-order valence-corrected chi connectivity index (χ2v) is 14.9. The fourth-order valence-corrected chi connectivity index (χ4v) is 5.84. The van der Waals surface area contributed by atoms with Gasteiger partial charge in [-0.05, 0) is 109 Å². The molecule has 0 aliphatic carbocycles. The van der Waals surface area contributed by atoms with Crippen LogP contribution < -0.4 is 0 Å². The number of hydrogen-bond acceptors (Lipinski definition) is 6. The molecule has 0 aromatic rings. The first-order valence-corrected chi connectivity index (χ1v) is 23.4. The van der Waals surface area contributed by atoms with Gasteiger partial charge in [-0.25, -0.2) is 0 Å². The molecule has 1 unspecified atom stereocenters. The quantitative estimate of drug-likeness (QED) is 0.0265. The Kier molecular flexibility index (Phi) is 43.6. The Morgan fingerprint density at radius 3 is 1.02 bits per heavy atom. The first-order valence-electron chi connectivity index (χ1n) is 23.4. The van der Waals surface area contributed by atoms with Crippen LogP contribution in [-0.4, -0.2) is 37.2 Å². The Bertz CT molecular complexity index is 1260. The zero-order valence-corrected chi connectivity index (χ0v) is 37.7. The number of carbonyl (C=O) groups is 3. The summed E-state index contributed by atoms with van der Waals surface area (Å²) in [5, 5.41) is 0. The molecule has 0 aliphatic rings. The molecule has 0 amide bonds. The number of allylic oxidation sites excluding steroid dienone is 18. The second-order valence-electron chi connectivity index (χ2n) is 14.9. The lowest BCUT2D eigenvalue weighted by Gasteiger charge is -2.18. The van der Waals surface area contributed by atoms with Gasteiger partial charge in [0.05, 0.1) is 0 Å². The summed E-state index contributed by atoms with van der Waals surface area (Å²) in [5.41, 5.74) is 0. The number of esters is 3. The van der Waals surface area contributed by atoms with E-state index in [0.717, 1.165) is 128 Å². The summed E-state index contributed by atoms with van der Waals surface area (Å²) in [6.45, 7) is 6.19. The molecular weight excluding hydrogens is 733 g/mol. The Morgan fingerprint density at radius 2 is 0.627 bits per heavy atom. The van der Waals surface area contributed by atoms with Crippen LogP contribution in [0.5, 0.6) is 0 Å². The van der Waals surface area contributed by atoms with E-state index >= 15 is 0 Å². The van der Waals surface area contributed by atoms with Crippen molar-refractivity contribution in [2.45, 2.75) is 194 Å². The fraction of sp³-hybridized carbons (Fsp3) is 0.604. The molecule has 0 aromatic carbocycles. The third-order valence-electron chi connectivity index (χ3n) is 9.25. The van der Waals surface area contributed by atoms with E-state index in [1.165, 1.54) is 12.8 Å². The van der Waals surface area contributed by atoms with E-state index < -0.39 is 6.10 Å². The lowest BCUT2D eigenvalue weighted by atomic mass is 10.1. The number of hydrogen-bond donors (Lipinski definition) is 0. The van der Waals surface area contributed by atoms with Crippen molar-refractivity contribution >= 4 is 17.9 Å². The van der Waals surface area contributed by atoms with Gasteiger partial charge in [0.15, 0.2) is 6.10 Å². The molecule has 0 bridgehead atoms. The molecule has 0 radical (unpaired) electrons. The van der Waals surface area contributed by atoms with Gasteiger partial charge in [0, 0.05) is 19.3 Å². The van der Waals surface area contributed by atoms with Crippen molar-refractivity contribution < 1.29 is 28.6 Å². The smallest absolute Gasteiger partial charge is 0.306 e. The Balaban J connectivity index is 4.50. The van der Waals surface area contributed by atoms with Crippen LogP contribution in [0.4, 0.5) is 0 Å². The van der Waals surface area contributed by atoms with Crippen molar-refractivity contribution in [3.05, 3.63) is 109 Å². The Labute approximate surface area is 361 Å². The minimum absolute atomic E-state index is 0.113. The van der Waals surface area contributed by atoms with Crippen LogP contribution in [0.15, 0.2) is 109 Å². The van der Waals surface area contributed by atoms with Crippen molar-refractivity contribution in [3.63, 3.8) is 0 Å². The van der Waals surface area contributed by atoms with Gasteiger partial charge in [-0.2, -0.15) is 0 Å².